The van der Waals surface area contributed by atoms with Gasteiger partial charge in [0.05, 0.1) is 10.6 Å². The number of amides is 2. The van der Waals surface area contributed by atoms with E-state index in [2.05, 4.69) is 5.32 Å². The monoisotopic (exact) mass is 641 g/mol. The Hall–Kier alpha value is -4.50. The van der Waals surface area contributed by atoms with Gasteiger partial charge in [0.15, 0.2) is 0 Å². The summed E-state index contributed by atoms with van der Waals surface area (Å²) in [7, 11) is -4.21. The van der Waals surface area contributed by atoms with Crippen LogP contribution in [0.1, 0.15) is 47.9 Å². The van der Waals surface area contributed by atoms with Gasteiger partial charge in [0, 0.05) is 24.6 Å². The van der Waals surface area contributed by atoms with E-state index in [0.29, 0.717) is 5.69 Å². The van der Waals surface area contributed by atoms with Gasteiger partial charge in [0.1, 0.15) is 18.4 Å². The van der Waals surface area contributed by atoms with Crippen molar-refractivity contribution in [1.29, 1.82) is 0 Å². The summed E-state index contributed by atoms with van der Waals surface area (Å²) in [4.78, 5) is 30.0. The van der Waals surface area contributed by atoms with Gasteiger partial charge < -0.3 is 10.2 Å². The van der Waals surface area contributed by atoms with Crippen molar-refractivity contribution in [3.8, 4) is 0 Å². The maximum atomic E-state index is 15.1. The number of hydrogen-bond acceptors (Lipinski definition) is 4. The molecule has 7 nitrogen and oxygen atoms in total. The van der Waals surface area contributed by atoms with Gasteiger partial charge in [-0.1, -0.05) is 85.6 Å². The van der Waals surface area contributed by atoms with Gasteiger partial charge >= 0.3 is 0 Å². The number of aryl methyl sites for hydroxylation is 2. The maximum Gasteiger partial charge on any atom is 0.264 e. The Balaban J connectivity index is 1.59. The van der Waals surface area contributed by atoms with E-state index in [0.717, 1.165) is 46.7 Å². The van der Waals surface area contributed by atoms with Crippen molar-refractivity contribution >= 4 is 27.5 Å². The molecule has 240 valence electrons. The summed E-state index contributed by atoms with van der Waals surface area (Å²) in [6, 6.07) is 27.7. The molecule has 0 spiro atoms. The van der Waals surface area contributed by atoms with Gasteiger partial charge in [-0.3, -0.25) is 13.9 Å². The molecular formula is C37H40FN3O4S. The van der Waals surface area contributed by atoms with E-state index < -0.39 is 34.3 Å². The van der Waals surface area contributed by atoms with Crippen molar-refractivity contribution in [1.82, 2.24) is 10.2 Å². The lowest BCUT2D eigenvalue weighted by Gasteiger charge is -2.34. The molecule has 1 fully saturated rings. The minimum atomic E-state index is -4.21. The van der Waals surface area contributed by atoms with E-state index in [1.165, 1.54) is 23.1 Å². The fraction of sp³-hybridized carbons (Fsp3) is 0.297. The number of halogens is 1. The molecule has 1 aliphatic rings. The smallest absolute Gasteiger partial charge is 0.264 e. The van der Waals surface area contributed by atoms with E-state index in [-0.39, 0.29) is 35.4 Å². The number of benzene rings is 4. The van der Waals surface area contributed by atoms with Gasteiger partial charge in [-0.15, -0.1) is 0 Å². The number of nitrogens with zero attached hydrogens (tertiary/aromatic N) is 2. The average molecular weight is 642 g/mol. The Morgan fingerprint density at radius 1 is 0.848 bits per heavy atom. The van der Waals surface area contributed by atoms with E-state index in [9.17, 15) is 18.0 Å². The zero-order chi connectivity index (χ0) is 32.7. The Morgan fingerprint density at radius 3 is 2.07 bits per heavy atom. The molecule has 0 bridgehead atoms. The van der Waals surface area contributed by atoms with Crippen LogP contribution in [0.2, 0.25) is 0 Å². The van der Waals surface area contributed by atoms with Gasteiger partial charge in [-0.05, 0) is 73.7 Å². The Kier molecular flexibility index (Phi) is 10.5. The molecular weight excluding hydrogens is 601 g/mol. The number of nitrogens with one attached hydrogen (secondary N) is 1. The second kappa shape index (κ2) is 14.7. The van der Waals surface area contributed by atoms with Crippen LogP contribution in [-0.2, 0) is 32.6 Å². The molecule has 0 aliphatic heterocycles. The van der Waals surface area contributed by atoms with E-state index in [1.807, 2.05) is 50.2 Å². The van der Waals surface area contributed by atoms with E-state index in [1.54, 1.807) is 48.5 Å². The number of carbonyl (C=O) groups is 2. The molecule has 4 aromatic carbocycles. The summed E-state index contributed by atoms with van der Waals surface area (Å²) >= 11 is 0. The van der Waals surface area contributed by atoms with Crippen LogP contribution in [-0.4, -0.2) is 43.8 Å². The average Bonchev–Trinajstić information content (AvgIpc) is 3.55. The highest BCUT2D eigenvalue weighted by Crippen LogP contribution is 2.27. The fourth-order valence-corrected chi connectivity index (χ4v) is 7.49. The third-order valence-electron chi connectivity index (χ3n) is 8.38. The van der Waals surface area contributed by atoms with Crippen LogP contribution in [0.25, 0.3) is 0 Å². The van der Waals surface area contributed by atoms with Gasteiger partial charge in [0.2, 0.25) is 11.8 Å². The summed E-state index contributed by atoms with van der Waals surface area (Å²) in [5.41, 5.74) is 3.04. The summed E-state index contributed by atoms with van der Waals surface area (Å²) in [6.45, 7) is 2.92. The van der Waals surface area contributed by atoms with Crippen LogP contribution in [0.3, 0.4) is 0 Å². The number of sulfonamides is 1. The predicted molar refractivity (Wildman–Crippen MR) is 178 cm³/mol. The highest BCUT2D eigenvalue weighted by Gasteiger charge is 2.36. The normalized spacial score (nSPS) is 14.1. The van der Waals surface area contributed by atoms with Crippen LogP contribution in [0.4, 0.5) is 10.1 Å². The lowest BCUT2D eigenvalue weighted by atomic mass is 10.0. The molecule has 5 rings (SSSR count). The highest BCUT2D eigenvalue weighted by molar-refractivity contribution is 7.92. The zero-order valence-corrected chi connectivity index (χ0v) is 27.0. The lowest BCUT2D eigenvalue weighted by Crippen LogP contribution is -2.54. The molecule has 0 heterocycles. The second-order valence-electron chi connectivity index (χ2n) is 12.0. The van der Waals surface area contributed by atoms with Crippen molar-refractivity contribution in [3.63, 3.8) is 0 Å². The van der Waals surface area contributed by atoms with Crippen molar-refractivity contribution in [2.45, 2.75) is 69.5 Å². The minimum Gasteiger partial charge on any atom is -0.352 e. The van der Waals surface area contributed by atoms with Crippen LogP contribution in [0.15, 0.2) is 108 Å². The molecule has 9 heteroatoms. The first-order valence-corrected chi connectivity index (χ1v) is 17.1. The SMILES string of the molecule is Cc1cc(C)cc(N(CC(=O)N(Cc2ccccc2F)[C@H](Cc2ccccc2)C(=O)NC2CCCC2)S(=O)(=O)c2ccccc2)c1. The molecule has 1 aliphatic carbocycles. The maximum absolute atomic E-state index is 15.1. The molecule has 0 radical (unpaired) electrons. The Bertz CT molecular complexity index is 1740. The molecule has 0 saturated heterocycles. The molecule has 2 amide bonds. The second-order valence-corrected chi connectivity index (χ2v) is 13.8. The molecule has 0 unspecified atom stereocenters. The Morgan fingerprint density at radius 2 is 1.43 bits per heavy atom. The van der Waals surface area contributed by atoms with Gasteiger partial charge in [-0.25, -0.2) is 12.8 Å². The van der Waals surface area contributed by atoms with Crippen molar-refractivity contribution in [2.24, 2.45) is 0 Å². The van der Waals surface area contributed by atoms with E-state index >= 15 is 4.39 Å². The van der Waals surface area contributed by atoms with Gasteiger partial charge in [-0.2, -0.15) is 0 Å². The summed E-state index contributed by atoms with van der Waals surface area (Å²) in [5.74, 6) is -1.48. The summed E-state index contributed by atoms with van der Waals surface area (Å²) in [6.07, 6.45) is 3.89. The molecule has 1 N–H and O–H groups in total. The largest absolute Gasteiger partial charge is 0.352 e. The highest BCUT2D eigenvalue weighted by atomic mass is 32.2. The first kappa shape index (κ1) is 32.9. The van der Waals surface area contributed by atoms with Crippen LogP contribution in [0.5, 0.6) is 0 Å². The predicted octanol–water partition coefficient (Wildman–Crippen LogP) is 6.34. The van der Waals surface area contributed by atoms with E-state index in [4.69, 9.17) is 0 Å². The molecule has 46 heavy (non-hydrogen) atoms. The first-order valence-electron chi connectivity index (χ1n) is 15.6. The topological polar surface area (TPSA) is 86.8 Å². The molecule has 0 aromatic heterocycles. The number of hydrogen-bond donors (Lipinski definition) is 1. The summed E-state index contributed by atoms with van der Waals surface area (Å²) < 4.78 is 44.5. The lowest BCUT2D eigenvalue weighted by molar-refractivity contribution is -0.140. The summed E-state index contributed by atoms with van der Waals surface area (Å²) in [5, 5.41) is 3.13. The zero-order valence-electron chi connectivity index (χ0n) is 26.2. The third-order valence-corrected chi connectivity index (χ3v) is 10.2. The number of carbonyl (C=O) groups excluding carboxylic acids is 2. The Labute approximate surface area is 271 Å². The molecule has 4 aromatic rings. The van der Waals surface area contributed by atoms with Crippen molar-refractivity contribution in [3.05, 3.63) is 131 Å². The quantitative estimate of drug-likeness (QED) is 0.196. The van der Waals surface area contributed by atoms with Crippen molar-refractivity contribution in [2.75, 3.05) is 10.8 Å². The fourth-order valence-electron chi connectivity index (χ4n) is 6.07. The first-order chi connectivity index (χ1) is 22.1. The standard InChI is InChI=1S/C37H40FN3O4S/c1-27-21-28(2)23-32(22-27)41(46(44,45)33-18-7-4-8-19-33)26-36(42)40(25-30-15-9-12-20-34(30)38)35(24-29-13-5-3-6-14-29)37(43)39-31-16-10-11-17-31/h3-9,12-15,18-23,31,35H,10-11,16-17,24-26H2,1-2H3,(H,39,43)/t35-/m1/s1. The molecule has 1 saturated carbocycles. The third kappa shape index (κ3) is 8.01. The van der Waals surface area contributed by atoms with Gasteiger partial charge in [0.25, 0.3) is 10.0 Å². The van der Waals surface area contributed by atoms with Crippen LogP contribution >= 0.6 is 0 Å². The minimum absolute atomic E-state index is 0.0126. The molecule has 1 atom stereocenters. The van der Waals surface area contributed by atoms with Crippen molar-refractivity contribution < 1.29 is 22.4 Å². The van der Waals surface area contributed by atoms with Crippen LogP contribution in [0, 0.1) is 19.7 Å². The van der Waals surface area contributed by atoms with Crippen LogP contribution < -0.4 is 9.62 Å². The number of anilines is 1. The number of rotatable bonds is 12.